The van der Waals surface area contributed by atoms with E-state index in [2.05, 4.69) is 46.0 Å². The zero-order valence-corrected chi connectivity index (χ0v) is 32.1. The lowest BCUT2D eigenvalue weighted by Crippen LogP contribution is -2.51. The van der Waals surface area contributed by atoms with Gasteiger partial charge >= 0.3 is 14.3 Å². The van der Waals surface area contributed by atoms with E-state index in [0.717, 1.165) is 67.6 Å². The maximum absolute atomic E-state index is 12.7. The van der Waals surface area contributed by atoms with Gasteiger partial charge in [0.25, 0.3) is 0 Å². The van der Waals surface area contributed by atoms with Crippen LogP contribution >= 0.6 is 8.25 Å². The van der Waals surface area contributed by atoms with E-state index in [-0.39, 0.29) is 42.7 Å². The van der Waals surface area contributed by atoms with Crippen LogP contribution in [0.3, 0.4) is 0 Å². The van der Waals surface area contributed by atoms with E-state index in [9.17, 15) is 19.3 Å². The molecule has 0 spiro atoms. The van der Waals surface area contributed by atoms with Crippen LogP contribution in [0.1, 0.15) is 137 Å². The Morgan fingerprint density at radius 2 is 1.84 bits per heavy atom. The molecule has 3 N–H and O–H groups in total. The van der Waals surface area contributed by atoms with Crippen molar-refractivity contribution in [3.63, 3.8) is 0 Å². The first-order chi connectivity index (χ1) is 23.3. The summed E-state index contributed by atoms with van der Waals surface area (Å²) in [6.07, 6.45) is 18.2. The van der Waals surface area contributed by atoms with E-state index in [1.54, 1.807) is 4.90 Å². The fourth-order valence-corrected chi connectivity index (χ4v) is 11.7. The number of carbonyl (C=O) groups excluding carboxylic acids is 2. The molecular weight excluding hydrogens is 639 g/mol. The van der Waals surface area contributed by atoms with Gasteiger partial charge in [0.1, 0.15) is 6.10 Å². The van der Waals surface area contributed by atoms with Crippen molar-refractivity contribution >= 4 is 20.3 Å². The maximum atomic E-state index is 12.7. The molecule has 0 bridgehead atoms. The van der Waals surface area contributed by atoms with Gasteiger partial charge in [-0.25, -0.2) is 4.79 Å². The lowest BCUT2D eigenvalue weighted by Gasteiger charge is -2.58. The summed E-state index contributed by atoms with van der Waals surface area (Å²) in [6.45, 7) is 13.1. The van der Waals surface area contributed by atoms with Crippen LogP contribution in [-0.2, 0) is 18.6 Å². The summed E-state index contributed by atoms with van der Waals surface area (Å²) in [7, 11) is -3.07. The molecule has 1 aliphatic heterocycles. The van der Waals surface area contributed by atoms with Crippen LogP contribution in [0.2, 0.25) is 0 Å². The van der Waals surface area contributed by atoms with Crippen molar-refractivity contribution in [2.75, 3.05) is 19.7 Å². The third kappa shape index (κ3) is 9.15. The number of rotatable bonds is 15. The summed E-state index contributed by atoms with van der Waals surface area (Å²) in [5.41, 5.74) is 2.26. The predicted octanol–water partition coefficient (Wildman–Crippen LogP) is 8.04. The van der Waals surface area contributed by atoms with Crippen molar-refractivity contribution in [1.82, 2.24) is 10.2 Å². The molecule has 1 saturated heterocycles. The number of unbranched alkanes of at least 4 members (excludes halogenated alkanes) is 2. The summed E-state index contributed by atoms with van der Waals surface area (Å²) in [4.78, 5) is 35.9. The van der Waals surface area contributed by atoms with Gasteiger partial charge in [0.15, 0.2) is 0 Å². The molecule has 0 aromatic carbocycles. The Hall–Kier alpha value is -1.41. The Bertz CT molecular complexity index is 1200. The summed E-state index contributed by atoms with van der Waals surface area (Å²) >= 11 is 0. The van der Waals surface area contributed by atoms with Gasteiger partial charge in [-0.2, -0.15) is 0 Å². The van der Waals surface area contributed by atoms with E-state index in [0.29, 0.717) is 31.2 Å². The van der Waals surface area contributed by atoms with Crippen molar-refractivity contribution in [2.24, 2.45) is 46.3 Å². The average molecular weight is 707 g/mol. The number of likely N-dealkylation sites (tertiary alicyclic amines) is 1. The third-order valence-corrected chi connectivity index (χ3v) is 14.4. The Labute approximate surface area is 296 Å². The number of amides is 2. The molecule has 4 aliphatic carbocycles. The Balaban J connectivity index is 1.02. The van der Waals surface area contributed by atoms with Gasteiger partial charge in [-0.1, -0.05) is 72.0 Å². The van der Waals surface area contributed by atoms with Crippen LogP contribution in [-0.4, -0.2) is 64.8 Å². The fraction of sp³-hybridized carbons (Fsp3) is 0.897. The first-order valence-corrected chi connectivity index (χ1v) is 21.1. The molecule has 3 saturated carbocycles. The standard InChI is InChI=1S/C39H67N2O7P/c1-26(2)10-9-11-27(3)33-15-16-34-32-14-13-28-22-31(17-19-38(28,4)35(32)18-20-39(33,34)5)48-37(44)40-21-8-6-7-12-36(43)41-24-30(42)23-29(41)25-47-49(45)46/h13,26-27,29-35,42,49H,6-12,14-25H2,1-5H3,(H,40,44)(H,45,46)/t27-,29?,30?,31+,32+,33-,34+,35+,38+,39-/m1/s1. The second-order valence-corrected chi connectivity index (χ2v) is 18.3. The number of hydrogen-bond acceptors (Lipinski definition) is 6. The SMILES string of the molecule is CC(C)CCC[C@@H](C)[C@H]1CC[C@H]2[C@@H]3CC=C4C[C@@H](OC(=O)NCCCCCC(=O)N5CC(O)CC5CO[PH](=O)O)CC[C@]4(C)[C@H]3CC[C@]12C. The molecule has 0 aromatic rings. The number of hydrogen-bond donors (Lipinski definition) is 3. The molecule has 5 rings (SSSR count). The molecule has 1 heterocycles. The molecule has 9 nitrogen and oxygen atoms in total. The molecule has 49 heavy (non-hydrogen) atoms. The monoisotopic (exact) mass is 706 g/mol. The van der Waals surface area contributed by atoms with Crippen molar-refractivity contribution in [2.45, 2.75) is 156 Å². The van der Waals surface area contributed by atoms with Crippen molar-refractivity contribution in [3.8, 4) is 0 Å². The number of aliphatic hydroxyl groups is 1. The second kappa shape index (κ2) is 16.9. The molecule has 2 amide bonds. The predicted molar refractivity (Wildman–Crippen MR) is 193 cm³/mol. The number of nitrogens with one attached hydrogen (secondary N) is 1. The highest BCUT2D eigenvalue weighted by Crippen LogP contribution is 2.67. The number of aliphatic hydroxyl groups excluding tert-OH is 1. The van der Waals surface area contributed by atoms with Gasteiger partial charge in [0.05, 0.1) is 18.8 Å². The Kier molecular flexibility index (Phi) is 13.4. The molecule has 0 radical (unpaired) electrons. The van der Waals surface area contributed by atoms with Gasteiger partial charge in [-0.3, -0.25) is 9.36 Å². The van der Waals surface area contributed by atoms with E-state index < -0.39 is 14.4 Å². The Morgan fingerprint density at radius 3 is 2.59 bits per heavy atom. The molecule has 4 fully saturated rings. The quantitative estimate of drug-likeness (QED) is 0.0894. The van der Waals surface area contributed by atoms with Crippen molar-refractivity contribution < 1.29 is 33.4 Å². The minimum Gasteiger partial charge on any atom is -0.446 e. The van der Waals surface area contributed by atoms with Gasteiger partial charge in [-0.05, 0) is 111 Å². The molecule has 5 aliphatic rings. The third-order valence-electron chi connectivity index (χ3n) is 14.0. The van der Waals surface area contributed by atoms with Gasteiger partial charge in [0.2, 0.25) is 5.91 Å². The number of allylic oxidation sites excluding steroid dienone is 1. The maximum Gasteiger partial charge on any atom is 0.407 e. The first kappa shape index (κ1) is 38.8. The highest BCUT2D eigenvalue weighted by Gasteiger charge is 2.59. The summed E-state index contributed by atoms with van der Waals surface area (Å²) in [5.74, 6) is 4.83. The molecule has 280 valence electrons. The van der Waals surface area contributed by atoms with E-state index in [1.807, 2.05) is 0 Å². The van der Waals surface area contributed by atoms with Gasteiger partial charge in [0, 0.05) is 25.9 Å². The van der Waals surface area contributed by atoms with Crippen molar-refractivity contribution in [1.29, 1.82) is 0 Å². The van der Waals surface area contributed by atoms with Crippen LogP contribution in [0.5, 0.6) is 0 Å². The smallest absolute Gasteiger partial charge is 0.407 e. The summed E-state index contributed by atoms with van der Waals surface area (Å²) < 4.78 is 21.7. The van der Waals surface area contributed by atoms with Crippen molar-refractivity contribution in [3.05, 3.63) is 11.6 Å². The number of nitrogens with zero attached hydrogens (tertiary/aromatic N) is 1. The largest absolute Gasteiger partial charge is 0.446 e. The van der Waals surface area contributed by atoms with E-state index in [1.165, 1.54) is 56.9 Å². The highest BCUT2D eigenvalue weighted by molar-refractivity contribution is 7.32. The minimum absolute atomic E-state index is 0.0413. The lowest BCUT2D eigenvalue weighted by atomic mass is 9.47. The molecular formula is C39H67N2O7P. The topological polar surface area (TPSA) is 125 Å². The molecule has 3 unspecified atom stereocenters. The fourth-order valence-electron chi connectivity index (χ4n) is 11.4. The van der Waals surface area contributed by atoms with E-state index >= 15 is 0 Å². The first-order valence-electron chi connectivity index (χ1n) is 19.8. The zero-order valence-electron chi connectivity index (χ0n) is 31.1. The number of ether oxygens (including phenoxy) is 1. The summed E-state index contributed by atoms with van der Waals surface area (Å²) in [5, 5.41) is 12.9. The molecule has 0 aromatic heterocycles. The lowest BCUT2D eigenvalue weighted by molar-refractivity contribution is -0.133. The van der Waals surface area contributed by atoms with Gasteiger partial charge < -0.3 is 29.5 Å². The normalized spacial score (nSPS) is 36.8. The number of β-amino-alcohol motifs (C(OH)–C–C–N with tert-alkyl or cyclic N) is 1. The van der Waals surface area contributed by atoms with Crippen LogP contribution in [0.15, 0.2) is 11.6 Å². The van der Waals surface area contributed by atoms with Gasteiger partial charge in [-0.15, -0.1) is 0 Å². The number of alkyl carbamates (subject to hydrolysis) is 1. The summed E-state index contributed by atoms with van der Waals surface area (Å²) in [6, 6.07) is -0.375. The molecule has 11 atom stereocenters. The number of fused-ring (bicyclic) bond motifs is 5. The molecule has 10 heteroatoms. The van der Waals surface area contributed by atoms with Crippen LogP contribution in [0.4, 0.5) is 4.79 Å². The van der Waals surface area contributed by atoms with Crippen LogP contribution < -0.4 is 5.32 Å². The Morgan fingerprint density at radius 1 is 1.04 bits per heavy atom. The average Bonchev–Trinajstić information content (AvgIpc) is 3.60. The zero-order chi connectivity index (χ0) is 35.3. The number of carbonyl (C=O) groups is 2. The van der Waals surface area contributed by atoms with E-state index in [4.69, 9.17) is 14.2 Å². The second-order valence-electron chi connectivity index (χ2n) is 17.5. The minimum atomic E-state index is -3.07. The highest BCUT2D eigenvalue weighted by atomic mass is 31.1. The van der Waals surface area contributed by atoms with Crippen LogP contribution in [0.25, 0.3) is 0 Å². The van der Waals surface area contributed by atoms with Crippen LogP contribution in [0, 0.1) is 46.3 Å².